The van der Waals surface area contributed by atoms with Gasteiger partial charge in [0.25, 0.3) is 0 Å². The van der Waals surface area contributed by atoms with E-state index in [0.717, 1.165) is 8.58 Å². The van der Waals surface area contributed by atoms with Crippen molar-refractivity contribution in [2.75, 3.05) is 0 Å². The molecule has 1 aliphatic carbocycles. The summed E-state index contributed by atoms with van der Waals surface area (Å²) in [6, 6.07) is 0. The Morgan fingerprint density at radius 2 is 1.14 bits per heavy atom. The van der Waals surface area contributed by atoms with E-state index in [4.69, 9.17) is 0 Å². The number of rotatable bonds is 0. The first-order valence-corrected chi connectivity index (χ1v) is 8.25. The Labute approximate surface area is 173 Å². The van der Waals surface area contributed by atoms with Crippen molar-refractivity contribution in [3.63, 3.8) is 0 Å². The largest absolute Gasteiger partial charge is 0.263 e. The van der Waals surface area contributed by atoms with Crippen LogP contribution in [0.5, 0.6) is 0 Å². The van der Waals surface area contributed by atoms with E-state index in [-0.39, 0.29) is 56.1 Å². The minimum Gasteiger partial charge on any atom is -0.263 e. The second-order valence-corrected chi connectivity index (χ2v) is 11.5. The Morgan fingerprint density at radius 1 is 0.818 bits per heavy atom. The van der Waals surface area contributed by atoms with Gasteiger partial charge in [-0.05, 0) is 10.3 Å². The molecule has 0 radical (unpaired) electrons. The van der Waals surface area contributed by atoms with Gasteiger partial charge in [-0.25, -0.2) is 5.57 Å². The Bertz CT molecular complexity index is 371. The quantitative estimate of drug-likeness (QED) is 0.176. The standard InChI is InChI=1S/C10H15.C8H19P.2ClH.Hf/c1-7-6-10(4,5)9(3)8(7)2;1-7(2,3)9-8(4,5)6;;;/h1-5H3;9H,1-6H3;2*1H;/q-1;;;;. The molecule has 0 saturated carbocycles. The van der Waals surface area contributed by atoms with Crippen molar-refractivity contribution < 1.29 is 25.8 Å². The van der Waals surface area contributed by atoms with E-state index in [9.17, 15) is 0 Å². The zero-order chi connectivity index (χ0) is 15.6. The molecule has 0 atom stereocenters. The fraction of sp³-hybridized carbons (Fsp3) is 0.778. The average molecular weight is 533 g/mol. The average Bonchev–Trinajstić information content (AvgIpc) is 2.24. The zero-order valence-electron chi connectivity index (χ0n) is 16.3. The van der Waals surface area contributed by atoms with E-state index >= 15 is 0 Å². The zero-order valence-corrected chi connectivity index (χ0v) is 22.5. The summed E-state index contributed by atoms with van der Waals surface area (Å²) in [6.07, 6.45) is 3.44. The predicted octanol–water partition coefficient (Wildman–Crippen LogP) is 7.22. The van der Waals surface area contributed by atoms with Crippen LogP contribution >= 0.6 is 33.4 Å². The van der Waals surface area contributed by atoms with Crippen molar-refractivity contribution in [3.05, 3.63) is 22.8 Å². The van der Waals surface area contributed by atoms with E-state index in [1.165, 1.54) is 16.7 Å². The smallest absolute Gasteiger partial charge is 0 e. The molecule has 0 heterocycles. The molecule has 0 fully saturated rings. The molecule has 0 bridgehead atoms. The third-order valence-corrected chi connectivity index (χ3v) is 4.81. The van der Waals surface area contributed by atoms with Gasteiger partial charge in [-0.1, -0.05) is 74.7 Å². The molecule has 0 aromatic carbocycles. The first kappa shape index (κ1) is 31.2. The van der Waals surface area contributed by atoms with Gasteiger partial charge in [0, 0.05) is 25.8 Å². The van der Waals surface area contributed by atoms with Crippen molar-refractivity contribution in [1.29, 1.82) is 0 Å². The van der Waals surface area contributed by atoms with Crippen molar-refractivity contribution in [3.8, 4) is 0 Å². The SMILES string of the molecule is CC(C)(C)PC(C)(C)C.CC1=[C-]C(C)(C)C(C)=C1C.Cl.Cl.[Hf]. The van der Waals surface area contributed by atoms with Gasteiger partial charge in [0.2, 0.25) is 0 Å². The predicted molar refractivity (Wildman–Crippen MR) is 107 cm³/mol. The summed E-state index contributed by atoms with van der Waals surface area (Å²) in [5.41, 5.74) is 4.39. The van der Waals surface area contributed by atoms with Crippen molar-refractivity contribution in [2.24, 2.45) is 5.41 Å². The van der Waals surface area contributed by atoms with E-state index in [1.54, 1.807) is 0 Å². The first-order valence-electron chi connectivity index (χ1n) is 7.25. The number of allylic oxidation sites excluding steroid dienone is 4. The summed E-state index contributed by atoms with van der Waals surface area (Å²) in [6.45, 7) is 24.7. The molecular weight excluding hydrogens is 497 g/mol. The maximum Gasteiger partial charge on any atom is 0 e. The molecule has 1 rings (SSSR count). The molecule has 1 aliphatic rings. The number of hydrogen-bond acceptors (Lipinski definition) is 0. The van der Waals surface area contributed by atoms with Crippen LogP contribution in [0.3, 0.4) is 0 Å². The Kier molecular flexibility index (Phi) is 15.7. The van der Waals surface area contributed by atoms with Gasteiger partial charge in [0.15, 0.2) is 0 Å². The fourth-order valence-corrected chi connectivity index (χ4v) is 4.78. The summed E-state index contributed by atoms with van der Waals surface area (Å²) in [5.74, 6) is 0. The fourth-order valence-electron chi connectivity index (χ4n) is 2.53. The summed E-state index contributed by atoms with van der Waals surface area (Å²) in [5, 5.41) is 1.02. The Hall–Kier alpha value is 1.36. The van der Waals surface area contributed by atoms with Crippen LogP contribution in [0.2, 0.25) is 0 Å². The molecule has 22 heavy (non-hydrogen) atoms. The van der Waals surface area contributed by atoms with Crippen molar-refractivity contribution in [1.82, 2.24) is 0 Å². The van der Waals surface area contributed by atoms with Gasteiger partial charge in [-0.15, -0.1) is 40.3 Å². The van der Waals surface area contributed by atoms with Crippen LogP contribution in [0.1, 0.15) is 76.2 Å². The van der Waals surface area contributed by atoms with Gasteiger partial charge < -0.3 is 0 Å². The molecule has 0 aromatic heterocycles. The molecule has 0 spiro atoms. The molecule has 0 amide bonds. The third-order valence-electron chi connectivity index (χ3n) is 3.31. The van der Waals surface area contributed by atoms with E-state index < -0.39 is 0 Å². The van der Waals surface area contributed by atoms with E-state index in [2.05, 4.69) is 82.2 Å². The molecule has 0 aromatic rings. The van der Waals surface area contributed by atoms with Crippen LogP contribution in [0.15, 0.2) is 16.7 Å². The third kappa shape index (κ3) is 12.7. The monoisotopic (exact) mass is 533 g/mol. The van der Waals surface area contributed by atoms with E-state index in [1.807, 2.05) is 0 Å². The minimum atomic E-state index is 0. The van der Waals surface area contributed by atoms with Crippen molar-refractivity contribution >= 4 is 33.4 Å². The van der Waals surface area contributed by atoms with Crippen LogP contribution in [0.25, 0.3) is 0 Å². The van der Waals surface area contributed by atoms with Crippen LogP contribution in [-0.2, 0) is 25.8 Å². The molecule has 0 nitrogen and oxygen atoms in total. The summed E-state index contributed by atoms with van der Waals surface area (Å²) >= 11 is 0. The first-order chi connectivity index (χ1) is 8.16. The second kappa shape index (κ2) is 11.1. The normalized spacial score (nSPS) is 16.4. The maximum absolute atomic E-state index is 3.44. The minimum absolute atomic E-state index is 0. The van der Waals surface area contributed by atoms with Gasteiger partial charge in [0.1, 0.15) is 0 Å². The summed E-state index contributed by atoms with van der Waals surface area (Å²) < 4.78 is 0. The van der Waals surface area contributed by atoms with E-state index in [0.29, 0.717) is 10.3 Å². The van der Waals surface area contributed by atoms with Gasteiger partial charge >= 0.3 is 0 Å². The molecule has 0 unspecified atom stereocenters. The molecule has 4 heteroatoms. The van der Waals surface area contributed by atoms with Gasteiger partial charge in [-0.2, -0.15) is 11.1 Å². The van der Waals surface area contributed by atoms with Gasteiger partial charge in [-0.3, -0.25) is 6.08 Å². The maximum atomic E-state index is 3.44. The topological polar surface area (TPSA) is 0 Å². The van der Waals surface area contributed by atoms with Crippen LogP contribution in [0, 0.1) is 11.5 Å². The molecule has 132 valence electrons. The van der Waals surface area contributed by atoms with Crippen molar-refractivity contribution in [2.45, 2.75) is 86.5 Å². The molecule has 0 aliphatic heterocycles. The summed E-state index contributed by atoms with van der Waals surface area (Å²) in [7, 11) is 1.05. The Balaban J connectivity index is -0.000000130. The molecule has 0 N–H and O–H groups in total. The van der Waals surface area contributed by atoms with Crippen LogP contribution < -0.4 is 0 Å². The van der Waals surface area contributed by atoms with Crippen LogP contribution in [0.4, 0.5) is 0 Å². The van der Waals surface area contributed by atoms with Gasteiger partial charge in [0.05, 0.1) is 0 Å². The summed E-state index contributed by atoms with van der Waals surface area (Å²) in [4.78, 5) is 0. The molecular formula is C18H36Cl2HfP-. The molecule has 0 saturated heterocycles. The number of halogens is 2. The van der Waals surface area contributed by atoms with Crippen LogP contribution in [-0.4, -0.2) is 10.3 Å². The Morgan fingerprint density at radius 3 is 1.18 bits per heavy atom. The number of hydrogen-bond donors (Lipinski definition) is 0. The second-order valence-electron chi connectivity index (χ2n) is 8.25.